The number of sulfonamides is 1. The monoisotopic (exact) mass is 499 g/mol. The second-order valence-corrected chi connectivity index (χ2v) is 8.67. The van der Waals surface area contributed by atoms with Crippen LogP contribution >= 0.6 is 0 Å². The van der Waals surface area contributed by atoms with Gasteiger partial charge in [-0.25, -0.2) is 13.2 Å². The van der Waals surface area contributed by atoms with Crippen molar-refractivity contribution in [2.75, 3.05) is 23.3 Å². The molecule has 3 aromatic rings. The summed E-state index contributed by atoms with van der Waals surface area (Å²) in [5.41, 5.74) is -0.0604. The minimum atomic E-state index is -3.86. The van der Waals surface area contributed by atoms with Crippen LogP contribution in [0.15, 0.2) is 77.7 Å². The summed E-state index contributed by atoms with van der Waals surface area (Å²) >= 11 is 0. The average Bonchev–Trinajstić information content (AvgIpc) is 2.84. The Morgan fingerprint density at radius 2 is 1.69 bits per heavy atom. The lowest BCUT2D eigenvalue weighted by molar-refractivity contribution is -0.384. The van der Waals surface area contributed by atoms with Gasteiger partial charge in [-0.1, -0.05) is 18.2 Å². The van der Waals surface area contributed by atoms with Gasteiger partial charge in [0.15, 0.2) is 6.61 Å². The second-order valence-electron chi connectivity index (χ2n) is 6.99. The lowest BCUT2D eigenvalue weighted by Gasteiger charge is -2.10. The Kier molecular flexibility index (Phi) is 8.00. The average molecular weight is 500 g/mol. The molecule has 0 aliphatic carbocycles. The number of carbonyl (C=O) groups excluding carboxylic acids is 2. The zero-order valence-corrected chi connectivity index (χ0v) is 19.3. The number of esters is 1. The summed E-state index contributed by atoms with van der Waals surface area (Å²) in [6.07, 6.45) is 0. The molecule has 0 atom stereocenters. The van der Waals surface area contributed by atoms with Crippen LogP contribution < -0.4 is 14.8 Å². The van der Waals surface area contributed by atoms with E-state index in [1.54, 1.807) is 37.3 Å². The summed E-state index contributed by atoms with van der Waals surface area (Å²) in [5, 5.41) is 13.6. The Hall–Kier alpha value is -4.45. The molecular formula is C23H21N3O8S. The van der Waals surface area contributed by atoms with Crippen molar-refractivity contribution in [3.63, 3.8) is 0 Å². The maximum absolute atomic E-state index is 12.5. The molecule has 3 rings (SSSR count). The maximum atomic E-state index is 12.5. The molecule has 11 nitrogen and oxygen atoms in total. The molecule has 0 radical (unpaired) electrons. The van der Waals surface area contributed by atoms with Crippen molar-refractivity contribution in [2.45, 2.75) is 11.8 Å². The van der Waals surface area contributed by atoms with Gasteiger partial charge in [0, 0.05) is 5.69 Å². The highest BCUT2D eigenvalue weighted by Crippen LogP contribution is 2.29. The molecule has 0 bridgehead atoms. The zero-order chi connectivity index (χ0) is 25.4. The van der Waals surface area contributed by atoms with Crippen molar-refractivity contribution in [3.05, 3.63) is 88.5 Å². The van der Waals surface area contributed by atoms with Gasteiger partial charge in [-0.3, -0.25) is 19.6 Å². The van der Waals surface area contributed by atoms with Crippen LogP contribution in [0.25, 0.3) is 0 Å². The first kappa shape index (κ1) is 25.2. The van der Waals surface area contributed by atoms with E-state index < -0.39 is 33.4 Å². The number of benzene rings is 3. The molecule has 0 aromatic heterocycles. The molecule has 0 aliphatic rings. The van der Waals surface area contributed by atoms with Gasteiger partial charge in [0.1, 0.15) is 11.4 Å². The normalized spacial score (nSPS) is 10.8. The van der Waals surface area contributed by atoms with Gasteiger partial charge < -0.3 is 14.8 Å². The van der Waals surface area contributed by atoms with Crippen LogP contribution in [0.5, 0.6) is 5.75 Å². The number of ether oxygens (including phenoxy) is 2. The van der Waals surface area contributed by atoms with Crippen molar-refractivity contribution in [1.29, 1.82) is 0 Å². The Morgan fingerprint density at radius 1 is 1.00 bits per heavy atom. The number of hydrogen-bond acceptors (Lipinski definition) is 8. The van der Waals surface area contributed by atoms with E-state index in [-0.39, 0.29) is 27.6 Å². The van der Waals surface area contributed by atoms with Gasteiger partial charge in [-0.15, -0.1) is 0 Å². The van der Waals surface area contributed by atoms with E-state index in [1.165, 1.54) is 42.5 Å². The van der Waals surface area contributed by atoms with Gasteiger partial charge in [0.05, 0.1) is 28.1 Å². The van der Waals surface area contributed by atoms with E-state index in [0.29, 0.717) is 12.3 Å². The molecule has 0 unspecified atom stereocenters. The molecular weight excluding hydrogens is 478 g/mol. The van der Waals surface area contributed by atoms with Crippen LogP contribution in [0, 0.1) is 10.1 Å². The van der Waals surface area contributed by atoms with Crippen LogP contribution in [0.3, 0.4) is 0 Å². The topological polar surface area (TPSA) is 154 Å². The summed E-state index contributed by atoms with van der Waals surface area (Å²) in [7, 11) is -3.86. The minimum Gasteiger partial charge on any atom is -0.494 e. The molecule has 0 saturated carbocycles. The van der Waals surface area contributed by atoms with Gasteiger partial charge in [-0.2, -0.15) is 0 Å². The molecule has 0 spiro atoms. The predicted molar refractivity (Wildman–Crippen MR) is 127 cm³/mol. The van der Waals surface area contributed by atoms with Crippen LogP contribution in [0.1, 0.15) is 17.3 Å². The maximum Gasteiger partial charge on any atom is 0.338 e. The van der Waals surface area contributed by atoms with E-state index in [4.69, 9.17) is 9.47 Å². The Balaban J connectivity index is 1.60. The quantitative estimate of drug-likeness (QED) is 0.244. The first-order chi connectivity index (χ1) is 16.7. The molecule has 0 aliphatic heterocycles. The molecule has 2 N–H and O–H groups in total. The molecule has 182 valence electrons. The van der Waals surface area contributed by atoms with Crippen molar-refractivity contribution < 1.29 is 32.4 Å². The van der Waals surface area contributed by atoms with Crippen LogP contribution in [-0.2, 0) is 19.6 Å². The van der Waals surface area contributed by atoms with Crippen molar-refractivity contribution >= 4 is 39.0 Å². The van der Waals surface area contributed by atoms with Crippen LogP contribution in [0.2, 0.25) is 0 Å². The summed E-state index contributed by atoms with van der Waals surface area (Å²) in [6.45, 7) is 1.33. The number of para-hydroxylation sites is 1. The molecule has 0 fully saturated rings. The summed E-state index contributed by atoms with van der Waals surface area (Å²) < 4.78 is 37.5. The molecule has 1 amide bonds. The SMILES string of the molecule is CCOc1ccc(NC(=O)COC(=O)c2ccc(S(=O)(=O)Nc3ccccc3)cc2)c([N+](=O)[O-])c1. The third-order valence-electron chi connectivity index (χ3n) is 4.51. The molecule has 12 heteroatoms. The summed E-state index contributed by atoms with van der Waals surface area (Å²) in [6, 6.07) is 17.2. The van der Waals surface area contributed by atoms with E-state index >= 15 is 0 Å². The number of amides is 1. The highest BCUT2D eigenvalue weighted by Gasteiger charge is 2.19. The van der Waals surface area contributed by atoms with Gasteiger partial charge in [-0.05, 0) is 55.5 Å². The lowest BCUT2D eigenvalue weighted by atomic mass is 10.2. The number of rotatable bonds is 10. The molecule has 0 heterocycles. The van der Waals surface area contributed by atoms with E-state index in [2.05, 4.69) is 10.0 Å². The van der Waals surface area contributed by atoms with E-state index in [1.807, 2.05) is 0 Å². The number of anilines is 2. The first-order valence-corrected chi connectivity index (χ1v) is 11.7. The number of carbonyl (C=O) groups is 2. The number of nitrogens with zero attached hydrogens (tertiary/aromatic N) is 1. The van der Waals surface area contributed by atoms with Crippen molar-refractivity contribution in [2.24, 2.45) is 0 Å². The fourth-order valence-corrected chi connectivity index (χ4v) is 3.97. The first-order valence-electron chi connectivity index (χ1n) is 10.3. The Bertz CT molecular complexity index is 1330. The zero-order valence-electron chi connectivity index (χ0n) is 18.5. The lowest BCUT2D eigenvalue weighted by Crippen LogP contribution is -2.21. The van der Waals surface area contributed by atoms with Gasteiger partial charge in [0.25, 0.3) is 21.6 Å². The third-order valence-corrected chi connectivity index (χ3v) is 5.91. The fraction of sp³-hybridized carbons (Fsp3) is 0.130. The Labute approximate surface area is 200 Å². The molecule has 3 aromatic carbocycles. The predicted octanol–water partition coefficient (Wildman–Crippen LogP) is 3.59. The van der Waals surface area contributed by atoms with Crippen LogP contribution in [0.4, 0.5) is 17.1 Å². The minimum absolute atomic E-state index is 0.0171. The van der Waals surface area contributed by atoms with Gasteiger partial charge in [0.2, 0.25) is 0 Å². The summed E-state index contributed by atoms with van der Waals surface area (Å²) in [4.78, 5) is 34.9. The van der Waals surface area contributed by atoms with E-state index in [0.717, 1.165) is 0 Å². The smallest absolute Gasteiger partial charge is 0.338 e. The molecule has 35 heavy (non-hydrogen) atoms. The van der Waals surface area contributed by atoms with E-state index in [9.17, 15) is 28.1 Å². The third kappa shape index (κ3) is 6.77. The van der Waals surface area contributed by atoms with Crippen molar-refractivity contribution in [3.8, 4) is 5.75 Å². The summed E-state index contributed by atoms with van der Waals surface area (Å²) in [5.74, 6) is -1.40. The number of nitro groups is 1. The number of hydrogen-bond donors (Lipinski definition) is 2. The van der Waals surface area contributed by atoms with Crippen LogP contribution in [-0.4, -0.2) is 38.4 Å². The highest BCUT2D eigenvalue weighted by atomic mass is 32.2. The standard InChI is InChI=1S/C23H21N3O8S/c1-2-33-18-10-13-20(21(14-18)26(29)30)24-22(27)15-34-23(28)16-8-11-19(12-9-16)35(31,32)25-17-6-4-3-5-7-17/h3-14,25H,2,15H2,1H3,(H,24,27). The Morgan fingerprint density at radius 3 is 2.31 bits per heavy atom. The number of nitrogens with one attached hydrogen (secondary N) is 2. The largest absolute Gasteiger partial charge is 0.494 e. The van der Waals surface area contributed by atoms with Gasteiger partial charge >= 0.3 is 5.97 Å². The molecule has 0 saturated heterocycles. The second kappa shape index (κ2) is 11.1. The fourth-order valence-electron chi connectivity index (χ4n) is 2.92. The highest BCUT2D eigenvalue weighted by molar-refractivity contribution is 7.92. The number of nitro benzene ring substituents is 1. The van der Waals surface area contributed by atoms with Crippen molar-refractivity contribution in [1.82, 2.24) is 0 Å².